The maximum Gasteiger partial charge on any atom is 0.282 e. The number of carbonyl (C=O) groups excluding carboxylic acids is 1. The van der Waals surface area contributed by atoms with Gasteiger partial charge in [-0.25, -0.2) is 0 Å². The molecule has 0 aromatic heterocycles. The predicted octanol–water partition coefficient (Wildman–Crippen LogP) is 2.42. The summed E-state index contributed by atoms with van der Waals surface area (Å²) in [5.74, 6) is -0.311. The Labute approximate surface area is 99.5 Å². The van der Waals surface area contributed by atoms with E-state index in [1.807, 2.05) is 4.90 Å². The fourth-order valence-electron chi connectivity index (χ4n) is 1.51. The van der Waals surface area contributed by atoms with E-state index >= 15 is 0 Å². The highest BCUT2D eigenvalue weighted by Crippen LogP contribution is 2.25. The van der Waals surface area contributed by atoms with Crippen LogP contribution in [0.3, 0.4) is 0 Å². The van der Waals surface area contributed by atoms with Crippen LogP contribution in [0.2, 0.25) is 0 Å². The van der Waals surface area contributed by atoms with Gasteiger partial charge in [0.2, 0.25) is 0 Å². The van der Waals surface area contributed by atoms with Gasteiger partial charge in [-0.3, -0.25) is 14.9 Å². The average Bonchev–Trinajstić information content (AvgIpc) is 2.28. The number of likely N-dealkylation sites (N-methyl/N-ethyl adjacent to an activating group) is 1. The van der Waals surface area contributed by atoms with E-state index in [9.17, 15) is 14.9 Å². The van der Waals surface area contributed by atoms with Crippen molar-refractivity contribution in [2.24, 2.45) is 0 Å². The van der Waals surface area contributed by atoms with E-state index < -0.39 is 4.92 Å². The molecule has 0 saturated heterocycles. The van der Waals surface area contributed by atoms with Crippen molar-refractivity contribution in [2.45, 2.75) is 6.92 Å². The maximum absolute atomic E-state index is 11.2. The van der Waals surface area contributed by atoms with Gasteiger partial charge in [-0.2, -0.15) is 0 Å². The molecular weight excluding hydrogens is 220 g/mol. The molecule has 0 unspecified atom stereocenters. The Balaban J connectivity index is 3.23. The number of nitrogens with zero attached hydrogens (tertiary/aromatic N) is 2. The van der Waals surface area contributed by atoms with E-state index in [1.54, 1.807) is 19.2 Å². The number of anilines is 1. The normalized spacial score (nSPS) is 9.76. The van der Waals surface area contributed by atoms with Gasteiger partial charge in [0, 0.05) is 25.3 Å². The van der Waals surface area contributed by atoms with Gasteiger partial charge in [-0.1, -0.05) is 6.08 Å². The first-order valence-electron chi connectivity index (χ1n) is 5.08. The summed E-state index contributed by atoms with van der Waals surface area (Å²) in [5, 5.41) is 10.9. The fraction of sp³-hybridized carbons (Fsp3) is 0.250. The molecule has 0 atom stereocenters. The van der Waals surface area contributed by atoms with Crippen molar-refractivity contribution in [2.75, 3.05) is 18.5 Å². The third-order valence-corrected chi connectivity index (χ3v) is 2.40. The minimum absolute atomic E-state index is 0.130. The van der Waals surface area contributed by atoms with Crippen LogP contribution in [-0.4, -0.2) is 24.3 Å². The summed E-state index contributed by atoms with van der Waals surface area (Å²) < 4.78 is 0. The van der Waals surface area contributed by atoms with Crippen LogP contribution >= 0.6 is 0 Å². The molecule has 5 nitrogen and oxygen atoms in total. The number of rotatable bonds is 5. The van der Waals surface area contributed by atoms with Crippen LogP contribution in [0.4, 0.5) is 11.4 Å². The first-order valence-corrected chi connectivity index (χ1v) is 5.08. The van der Waals surface area contributed by atoms with Gasteiger partial charge in [-0.05, 0) is 19.1 Å². The number of benzene rings is 1. The van der Waals surface area contributed by atoms with Crippen molar-refractivity contribution in [3.8, 4) is 0 Å². The number of nitro groups is 1. The summed E-state index contributed by atoms with van der Waals surface area (Å²) in [6, 6.07) is 4.57. The van der Waals surface area contributed by atoms with Gasteiger partial charge in [0.15, 0.2) is 5.78 Å². The molecule has 0 radical (unpaired) electrons. The zero-order valence-electron chi connectivity index (χ0n) is 9.84. The molecule has 0 aliphatic carbocycles. The van der Waals surface area contributed by atoms with Crippen LogP contribution in [0, 0.1) is 10.1 Å². The largest absolute Gasteiger partial charge is 0.371 e. The van der Waals surface area contributed by atoms with Crippen molar-refractivity contribution < 1.29 is 9.72 Å². The van der Waals surface area contributed by atoms with Crippen LogP contribution in [0.15, 0.2) is 30.9 Å². The molecule has 5 heteroatoms. The number of hydrogen-bond acceptors (Lipinski definition) is 4. The highest BCUT2D eigenvalue weighted by Gasteiger charge is 2.18. The highest BCUT2D eigenvalue weighted by molar-refractivity contribution is 5.98. The second-order valence-electron chi connectivity index (χ2n) is 3.68. The van der Waals surface area contributed by atoms with Gasteiger partial charge in [0.25, 0.3) is 5.69 Å². The summed E-state index contributed by atoms with van der Waals surface area (Å²) in [5.41, 5.74) is 0.651. The zero-order chi connectivity index (χ0) is 13.0. The molecule has 0 bridgehead atoms. The first-order chi connectivity index (χ1) is 7.97. The number of nitro benzene ring substituents is 1. The number of ketones is 1. The van der Waals surface area contributed by atoms with Crippen LogP contribution in [0.1, 0.15) is 17.3 Å². The average molecular weight is 234 g/mol. The maximum atomic E-state index is 11.2. The van der Waals surface area contributed by atoms with Gasteiger partial charge in [0.1, 0.15) is 0 Å². The minimum atomic E-state index is -0.540. The zero-order valence-corrected chi connectivity index (χ0v) is 9.84. The first kappa shape index (κ1) is 12.9. The summed E-state index contributed by atoms with van der Waals surface area (Å²) in [6.07, 6.45) is 1.70. The second kappa shape index (κ2) is 5.25. The Hall–Kier alpha value is -2.17. The molecule has 0 fully saturated rings. The molecule has 90 valence electrons. The Kier molecular flexibility index (Phi) is 3.98. The van der Waals surface area contributed by atoms with Crippen LogP contribution < -0.4 is 4.90 Å². The molecule has 0 aliphatic heterocycles. The van der Waals surface area contributed by atoms with E-state index in [1.165, 1.54) is 19.1 Å². The lowest BCUT2D eigenvalue weighted by atomic mass is 10.1. The van der Waals surface area contributed by atoms with E-state index in [4.69, 9.17) is 0 Å². The van der Waals surface area contributed by atoms with E-state index in [0.717, 1.165) is 0 Å². The van der Waals surface area contributed by atoms with Crippen molar-refractivity contribution in [1.82, 2.24) is 0 Å². The quantitative estimate of drug-likeness (QED) is 0.339. The molecule has 0 spiro atoms. The molecule has 0 saturated carbocycles. The van der Waals surface area contributed by atoms with E-state index in [0.29, 0.717) is 12.2 Å². The second-order valence-corrected chi connectivity index (χ2v) is 3.68. The molecule has 17 heavy (non-hydrogen) atoms. The molecule has 1 rings (SSSR count). The van der Waals surface area contributed by atoms with E-state index in [2.05, 4.69) is 6.58 Å². The van der Waals surface area contributed by atoms with Gasteiger partial charge >= 0.3 is 0 Å². The summed E-state index contributed by atoms with van der Waals surface area (Å²) in [7, 11) is 1.80. The molecule has 0 amide bonds. The molecular formula is C12H14N2O3. The molecule has 0 aliphatic rings. The molecule has 1 aromatic carbocycles. The Morgan fingerprint density at radius 1 is 1.59 bits per heavy atom. The van der Waals surface area contributed by atoms with Crippen molar-refractivity contribution >= 4 is 17.2 Å². The van der Waals surface area contributed by atoms with Gasteiger partial charge < -0.3 is 4.90 Å². The van der Waals surface area contributed by atoms with Gasteiger partial charge in [-0.15, -0.1) is 6.58 Å². The fourth-order valence-corrected chi connectivity index (χ4v) is 1.51. The van der Waals surface area contributed by atoms with Crippen molar-refractivity contribution in [3.63, 3.8) is 0 Å². The topological polar surface area (TPSA) is 63.5 Å². The molecule has 0 N–H and O–H groups in total. The third-order valence-electron chi connectivity index (χ3n) is 2.40. The van der Waals surface area contributed by atoms with Crippen LogP contribution in [0.25, 0.3) is 0 Å². The van der Waals surface area contributed by atoms with Crippen LogP contribution in [0.5, 0.6) is 0 Å². The lowest BCUT2D eigenvalue weighted by Crippen LogP contribution is -2.17. The molecule has 0 heterocycles. The lowest BCUT2D eigenvalue weighted by molar-refractivity contribution is -0.385. The van der Waals surface area contributed by atoms with Gasteiger partial charge in [0.05, 0.1) is 10.5 Å². The Morgan fingerprint density at radius 2 is 2.24 bits per heavy atom. The minimum Gasteiger partial charge on any atom is -0.371 e. The highest BCUT2D eigenvalue weighted by atomic mass is 16.6. The molecule has 1 aromatic rings. The van der Waals surface area contributed by atoms with Crippen LogP contribution in [-0.2, 0) is 0 Å². The van der Waals surface area contributed by atoms with E-state index in [-0.39, 0.29) is 17.0 Å². The predicted molar refractivity (Wildman–Crippen MR) is 66.6 cm³/mol. The third kappa shape index (κ3) is 2.90. The number of hydrogen-bond donors (Lipinski definition) is 0. The van der Waals surface area contributed by atoms with Crippen molar-refractivity contribution in [1.29, 1.82) is 0 Å². The summed E-state index contributed by atoms with van der Waals surface area (Å²) in [4.78, 5) is 23.4. The monoisotopic (exact) mass is 234 g/mol. The van der Waals surface area contributed by atoms with Crippen molar-refractivity contribution in [3.05, 3.63) is 46.5 Å². The summed E-state index contributed by atoms with van der Waals surface area (Å²) >= 11 is 0. The Morgan fingerprint density at radius 3 is 2.71 bits per heavy atom. The SMILES string of the molecule is C=CCN(C)c1ccc(C(C)=O)c([N+](=O)[O-])c1. The lowest BCUT2D eigenvalue weighted by Gasteiger charge is -2.17. The number of carbonyl (C=O) groups is 1. The summed E-state index contributed by atoms with van der Waals surface area (Å²) in [6.45, 7) is 5.49. The standard InChI is InChI=1S/C12H14N2O3/c1-4-7-13(3)10-5-6-11(9(2)15)12(8-10)14(16)17/h4-6,8H,1,7H2,2-3H3. The Bertz CT molecular complexity index is 469. The smallest absolute Gasteiger partial charge is 0.282 e. The number of Topliss-reactive ketones (excluding diaryl/α,β-unsaturated/α-hetero) is 1.